The van der Waals surface area contributed by atoms with E-state index >= 15 is 0 Å². The minimum atomic E-state index is -3.48. The Labute approximate surface area is 179 Å². The van der Waals surface area contributed by atoms with Crippen molar-refractivity contribution >= 4 is 21.7 Å². The number of sulfonamides is 1. The molecule has 1 aromatic carbocycles. The highest BCUT2D eigenvalue weighted by Gasteiger charge is 2.30. The maximum atomic E-state index is 13.1. The molecule has 3 heterocycles. The van der Waals surface area contributed by atoms with Crippen LogP contribution in [0.2, 0.25) is 0 Å². The molecular weight excluding hydrogens is 398 g/mol. The van der Waals surface area contributed by atoms with E-state index in [1.165, 1.54) is 12.8 Å². The van der Waals surface area contributed by atoms with Crippen LogP contribution in [0.1, 0.15) is 30.9 Å². The Morgan fingerprint density at radius 3 is 1.97 bits per heavy atom. The van der Waals surface area contributed by atoms with Gasteiger partial charge in [-0.1, -0.05) is 19.1 Å². The first-order valence-electron chi connectivity index (χ1n) is 10.8. The molecule has 0 saturated carbocycles. The third-order valence-corrected chi connectivity index (χ3v) is 8.31. The standard InChI is InChI=1S/C22H31N5O2S/c1-17-8-10-25(11-9-17)21-6-7-22(24-23-21)26-12-14-27(15-13-26)30(28,29)20-16-18(2)4-5-19(20)3/h4-7,16-17H,8-15H2,1-3H3. The first-order chi connectivity index (χ1) is 14.3. The minimum absolute atomic E-state index is 0.413. The molecule has 0 aliphatic carbocycles. The largest absolute Gasteiger partial charge is 0.355 e. The third kappa shape index (κ3) is 4.30. The van der Waals surface area contributed by atoms with Crippen molar-refractivity contribution in [1.29, 1.82) is 0 Å². The Morgan fingerprint density at radius 2 is 1.40 bits per heavy atom. The summed E-state index contributed by atoms with van der Waals surface area (Å²) in [6, 6.07) is 9.63. The first-order valence-corrected chi connectivity index (χ1v) is 12.2. The highest BCUT2D eigenvalue weighted by Crippen LogP contribution is 2.25. The Morgan fingerprint density at radius 1 is 0.833 bits per heavy atom. The van der Waals surface area contributed by atoms with Gasteiger partial charge in [-0.15, -0.1) is 10.2 Å². The molecule has 2 aliphatic rings. The van der Waals surface area contributed by atoms with Gasteiger partial charge in [0.2, 0.25) is 10.0 Å². The van der Waals surface area contributed by atoms with Crippen LogP contribution >= 0.6 is 0 Å². The molecule has 2 aliphatic heterocycles. The maximum Gasteiger partial charge on any atom is 0.243 e. The molecular formula is C22H31N5O2S. The molecule has 0 atom stereocenters. The number of nitrogens with zero attached hydrogens (tertiary/aromatic N) is 5. The number of benzene rings is 1. The van der Waals surface area contributed by atoms with E-state index in [1.807, 2.05) is 38.1 Å². The molecule has 0 radical (unpaired) electrons. The molecule has 2 saturated heterocycles. The van der Waals surface area contributed by atoms with Gasteiger partial charge in [0.15, 0.2) is 11.6 Å². The Kier molecular flexibility index (Phi) is 5.97. The molecule has 162 valence electrons. The van der Waals surface area contributed by atoms with Crippen molar-refractivity contribution in [2.24, 2.45) is 5.92 Å². The van der Waals surface area contributed by atoms with Crippen LogP contribution < -0.4 is 9.80 Å². The smallest absolute Gasteiger partial charge is 0.243 e. The SMILES string of the molecule is Cc1ccc(C)c(S(=O)(=O)N2CCN(c3ccc(N4CCC(C)CC4)nn3)CC2)c1. The Bertz CT molecular complexity index is 977. The van der Waals surface area contributed by atoms with Crippen molar-refractivity contribution < 1.29 is 8.42 Å². The molecule has 2 fully saturated rings. The maximum absolute atomic E-state index is 13.1. The lowest BCUT2D eigenvalue weighted by atomic mass is 9.99. The predicted molar refractivity (Wildman–Crippen MR) is 120 cm³/mol. The summed E-state index contributed by atoms with van der Waals surface area (Å²) < 4.78 is 27.8. The fourth-order valence-corrected chi connectivity index (χ4v) is 5.91. The molecule has 1 aromatic heterocycles. The number of hydrogen-bond donors (Lipinski definition) is 0. The lowest BCUT2D eigenvalue weighted by molar-refractivity contribution is 0.383. The van der Waals surface area contributed by atoms with Crippen LogP contribution in [0, 0.1) is 19.8 Å². The van der Waals surface area contributed by atoms with Gasteiger partial charge in [-0.2, -0.15) is 4.31 Å². The summed E-state index contributed by atoms with van der Waals surface area (Å²) in [6.07, 6.45) is 2.39. The van der Waals surface area contributed by atoms with E-state index < -0.39 is 10.0 Å². The number of rotatable bonds is 4. The molecule has 4 rings (SSSR count). The van der Waals surface area contributed by atoms with Gasteiger partial charge in [-0.3, -0.25) is 0 Å². The van der Waals surface area contributed by atoms with Crippen molar-refractivity contribution in [3.8, 4) is 0 Å². The van der Waals surface area contributed by atoms with Gasteiger partial charge in [0.05, 0.1) is 4.90 Å². The monoisotopic (exact) mass is 429 g/mol. The van der Waals surface area contributed by atoms with E-state index in [0.29, 0.717) is 31.1 Å². The molecule has 0 amide bonds. The van der Waals surface area contributed by atoms with Crippen LogP contribution in [0.15, 0.2) is 35.2 Å². The van der Waals surface area contributed by atoms with Crippen LogP contribution in [0.3, 0.4) is 0 Å². The quantitative estimate of drug-likeness (QED) is 0.744. The fraction of sp³-hybridized carbons (Fsp3) is 0.545. The summed E-state index contributed by atoms with van der Waals surface area (Å²) in [7, 11) is -3.48. The van der Waals surface area contributed by atoms with Crippen LogP contribution in [0.4, 0.5) is 11.6 Å². The van der Waals surface area contributed by atoms with Gasteiger partial charge in [0, 0.05) is 39.3 Å². The van der Waals surface area contributed by atoms with Crippen molar-refractivity contribution in [3.05, 3.63) is 41.5 Å². The second kappa shape index (κ2) is 8.51. The normalized spacial score (nSPS) is 19.3. The first kappa shape index (κ1) is 21.1. The second-order valence-corrected chi connectivity index (χ2v) is 10.5. The number of anilines is 2. The van der Waals surface area contributed by atoms with Crippen molar-refractivity contribution in [2.45, 2.75) is 38.5 Å². The molecule has 0 unspecified atom stereocenters. The third-order valence-electron chi connectivity index (χ3n) is 6.27. The number of aryl methyl sites for hydroxylation is 2. The van der Waals surface area contributed by atoms with E-state index in [4.69, 9.17) is 0 Å². The summed E-state index contributed by atoms with van der Waals surface area (Å²) in [6.45, 7) is 10.2. The number of piperazine rings is 1. The average molecular weight is 430 g/mol. The van der Waals surface area contributed by atoms with E-state index in [2.05, 4.69) is 26.9 Å². The summed E-state index contributed by atoms with van der Waals surface area (Å²) in [5.74, 6) is 2.53. The lowest BCUT2D eigenvalue weighted by Gasteiger charge is -2.35. The zero-order valence-corrected chi connectivity index (χ0v) is 18.9. The molecule has 0 bridgehead atoms. The number of piperidine rings is 1. The summed E-state index contributed by atoms with van der Waals surface area (Å²) >= 11 is 0. The van der Waals surface area contributed by atoms with Gasteiger partial charge in [-0.05, 0) is 61.9 Å². The average Bonchev–Trinajstić information content (AvgIpc) is 2.76. The lowest BCUT2D eigenvalue weighted by Crippen LogP contribution is -2.49. The zero-order chi connectivity index (χ0) is 21.3. The second-order valence-electron chi connectivity index (χ2n) is 8.58. The van der Waals surface area contributed by atoms with Crippen LogP contribution in [0.25, 0.3) is 0 Å². The van der Waals surface area contributed by atoms with Crippen molar-refractivity contribution in [3.63, 3.8) is 0 Å². The molecule has 2 aromatic rings. The molecule has 30 heavy (non-hydrogen) atoms. The Balaban J connectivity index is 1.40. The van der Waals surface area contributed by atoms with Gasteiger partial charge in [0.25, 0.3) is 0 Å². The van der Waals surface area contributed by atoms with Crippen LogP contribution in [-0.2, 0) is 10.0 Å². The van der Waals surface area contributed by atoms with Gasteiger partial charge < -0.3 is 9.80 Å². The highest BCUT2D eigenvalue weighted by molar-refractivity contribution is 7.89. The van der Waals surface area contributed by atoms with E-state index in [0.717, 1.165) is 41.8 Å². The van der Waals surface area contributed by atoms with E-state index in [1.54, 1.807) is 10.4 Å². The molecule has 7 nitrogen and oxygen atoms in total. The molecule has 8 heteroatoms. The predicted octanol–water partition coefficient (Wildman–Crippen LogP) is 2.84. The summed E-state index contributed by atoms with van der Waals surface area (Å²) in [5, 5.41) is 8.88. The Hall–Kier alpha value is -2.19. The number of hydrogen-bond acceptors (Lipinski definition) is 6. The molecule has 0 N–H and O–H groups in total. The fourth-order valence-electron chi connectivity index (χ4n) is 4.18. The van der Waals surface area contributed by atoms with Crippen molar-refractivity contribution in [2.75, 3.05) is 49.1 Å². The highest BCUT2D eigenvalue weighted by atomic mass is 32.2. The summed E-state index contributed by atoms with van der Waals surface area (Å²) in [5.41, 5.74) is 1.74. The van der Waals surface area contributed by atoms with Gasteiger partial charge in [-0.25, -0.2) is 8.42 Å². The minimum Gasteiger partial charge on any atom is -0.355 e. The van der Waals surface area contributed by atoms with Crippen molar-refractivity contribution in [1.82, 2.24) is 14.5 Å². The summed E-state index contributed by atoms with van der Waals surface area (Å²) in [4.78, 5) is 4.83. The zero-order valence-electron chi connectivity index (χ0n) is 18.1. The van der Waals surface area contributed by atoms with Crippen LogP contribution in [0.5, 0.6) is 0 Å². The van der Waals surface area contributed by atoms with Gasteiger partial charge in [0.1, 0.15) is 0 Å². The topological polar surface area (TPSA) is 69.6 Å². The van der Waals surface area contributed by atoms with Crippen LogP contribution in [-0.4, -0.2) is 62.2 Å². The van der Waals surface area contributed by atoms with Gasteiger partial charge >= 0.3 is 0 Å². The van der Waals surface area contributed by atoms with E-state index in [-0.39, 0.29) is 0 Å². The molecule has 0 spiro atoms. The number of aromatic nitrogens is 2. The van der Waals surface area contributed by atoms with E-state index in [9.17, 15) is 8.42 Å².